The molecule has 1 atom stereocenters. The number of Topliss-reactive ketones (excluding diaryl/α,β-unsaturated/α-hetero) is 1. The van der Waals surface area contributed by atoms with Crippen molar-refractivity contribution in [2.45, 2.75) is 25.2 Å². The van der Waals surface area contributed by atoms with Crippen LogP contribution in [0, 0.1) is 0 Å². The fraction of sp³-hybridized carbons (Fsp3) is 0.238. The molecule has 1 N–H and O–H groups in total. The molecule has 0 amide bonds. The van der Waals surface area contributed by atoms with Gasteiger partial charge in [-0.2, -0.15) is 5.10 Å². The first-order valence-electron chi connectivity index (χ1n) is 8.54. The van der Waals surface area contributed by atoms with Gasteiger partial charge < -0.3 is 4.74 Å². The normalized spacial score (nSPS) is 15.8. The summed E-state index contributed by atoms with van der Waals surface area (Å²) in [5, 5.41) is 6.78. The SMILES string of the molecule is COc1cc(C(=O)CC2CCc3ccccc32)ccc1-c1cn[nH]c1. The van der Waals surface area contributed by atoms with Crippen molar-refractivity contribution < 1.29 is 9.53 Å². The van der Waals surface area contributed by atoms with Gasteiger partial charge in [0.05, 0.1) is 13.3 Å². The molecule has 0 saturated carbocycles. The lowest BCUT2D eigenvalue weighted by atomic mass is 9.92. The second kappa shape index (κ2) is 6.55. The predicted octanol–water partition coefficient (Wildman–Crippen LogP) is 4.39. The van der Waals surface area contributed by atoms with Crippen LogP contribution in [0.15, 0.2) is 54.9 Å². The maximum Gasteiger partial charge on any atom is 0.163 e. The zero-order valence-corrected chi connectivity index (χ0v) is 14.2. The van der Waals surface area contributed by atoms with Crippen LogP contribution in [0.5, 0.6) is 5.75 Å². The molecule has 4 heteroatoms. The van der Waals surface area contributed by atoms with Crippen molar-refractivity contribution in [1.82, 2.24) is 10.2 Å². The van der Waals surface area contributed by atoms with Gasteiger partial charge in [0, 0.05) is 29.3 Å². The van der Waals surface area contributed by atoms with Gasteiger partial charge in [0.25, 0.3) is 0 Å². The number of nitrogens with one attached hydrogen (secondary N) is 1. The molecule has 1 aliphatic carbocycles. The Morgan fingerprint density at radius 3 is 2.96 bits per heavy atom. The zero-order valence-electron chi connectivity index (χ0n) is 14.2. The summed E-state index contributed by atoms with van der Waals surface area (Å²) in [5.74, 6) is 1.18. The number of fused-ring (bicyclic) bond motifs is 1. The van der Waals surface area contributed by atoms with Gasteiger partial charge >= 0.3 is 0 Å². The number of H-pyrrole nitrogens is 1. The lowest BCUT2D eigenvalue weighted by Gasteiger charge is -2.12. The van der Waals surface area contributed by atoms with E-state index >= 15 is 0 Å². The molecule has 3 aromatic rings. The van der Waals surface area contributed by atoms with Crippen molar-refractivity contribution in [3.05, 3.63) is 71.5 Å². The first-order chi connectivity index (χ1) is 12.3. The van der Waals surface area contributed by atoms with E-state index in [1.807, 2.05) is 24.4 Å². The lowest BCUT2D eigenvalue weighted by Crippen LogP contribution is -2.06. The average Bonchev–Trinajstić information content (AvgIpc) is 3.31. The number of aromatic amines is 1. The molecule has 2 aromatic carbocycles. The largest absolute Gasteiger partial charge is 0.496 e. The quantitative estimate of drug-likeness (QED) is 0.705. The van der Waals surface area contributed by atoms with Crippen LogP contribution in [-0.2, 0) is 6.42 Å². The minimum absolute atomic E-state index is 0.166. The van der Waals surface area contributed by atoms with Crippen molar-refractivity contribution in [3.8, 4) is 16.9 Å². The van der Waals surface area contributed by atoms with E-state index in [4.69, 9.17) is 4.74 Å². The number of hydrogen-bond acceptors (Lipinski definition) is 3. The van der Waals surface area contributed by atoms with Gasteiger partial charge in [-0.15, -0.1) is 0 Å². The Morgan fingerprint density at radius 1 is 1.28 bits per heavy atom. The number of hydrogen-bond donors (Lipinski definition) is 1. The van der Waals surface area contributed by atoms with E-state index in [-0.39, 0.29) is 5.78 Å². The summed E-state index contributed by atoms with van der Waals surface area (Å²) in [6.07, 6.45) is 6.22. The third-order valence-corrected chi connectivity index (χ3v) is 5.02. The van der Waals surface area contributed by atoms with Crippen molar-refractivity contribution >= 4 is 5.78 Å². The van der Waals surface area contributed by atoms with Crippen LogP contribution in [0.4, 0.5) is 0 Å². The molecule has 1 unspecified atom stereocenters. The molecule has 4 nitrogen and oxygen atoms in total. The molecule has 0 saturated heterocycles. The van der Waals surface area contributed by atoms with Crippen molar-refractivity contribution in [2.24, 2.45) is 0 Å². The molecule has 0 spiro atoms. The molecule has 1 aliphatic rings. The predicted molar refractivity (Wildman–Crippen MR) is 97.0 cm³/mol. The molecule has 0 fully saturated rings. The number of rotatable bonds is 5. The van der Waals surface area contributed by atoms with Gasteiger partial charge in [0.1, 0.15) is 5.75 Å². The Bertz CT molecular complexity index is 900. The average molecular weight is 332 g/mol. The highest BCUT2D eigenvalue weighted by atomic mass is 16.5. The molecule has 1 heterocycles. The fourth-order valence-corrected chi connectivity index (χ4v) is 3.70. The maximum absolute atomic E-state index is 12.8. The number of ketones is 1. The second-order valence-corrected chi connectivity index (χ2v) is 6.46. The highest BCUT2D eigenvalue weighted by Gasteiger charge is 2.25. The third kappa shape index (κ3) is 2.95. The summed E-state index contributed by atoms with van der Waals surface area (Å²) in [6.45, 7) is 0. The molecule has 0 bridgehead atoms. The van der Waals surface area contributed by atoms with Gasteiger partial charge in [-0.1, -0.05) is 30.3 Å². The van der Waals surface area contributed by atoms with E-state index in [2.05, 4.69) is 34.5 Å². The minimum Gasteiger partial charge on any atom is -0.496 e. The number of methoxy groups -OCH3 is 1. The Labute approximate surface area is 146 Å². The van der Waals surface area contributed by atoms with Crippen LogP contribution >= 0.6 is 0 Å². The van der Waals surface area contributed by atoms with Gasteiger partial charge in [0.15, 0.2) is 5.78 Å². The fourth-order valence-electron chi connectivity index (χ4n) is 3.70. The topological polar surface area (TPSA) is 55.0 Å². The number of ether oxygens (including phenoxy) is 1. The number of carbonyl (C=O) groups excluding carboxylic acids is 1. The number of aromatic nitrogens is 2. The highest BCUT2D eigenvalue weighted by molar-refractivity contribution is 5.97. The van der Waals surface area contributed by atoms with E-state index in [1.54, 1.807) is 13.3 Å². The van der Waals surface area contributed by atoms with Crippen molar-refractivity contribution in [1.29, 1.82) is 0 Å². The zero-order chi connectivity index (χ0) is 17.2. The minimum atomic E-state index is 0.166. The molecular formula is C21H20N2O2. The number of carbonyl (C=O) groups is 1. The van der Waals surface area contributed by atoms with Crippen molar-refractivity contribution in [3.63, 3.8) is 0 Å². The lowest BCUT2D eigenvalue weighted by molar-refractivity contribution is 0.0973. The summed E-state index contributed by atoms with van der Waals surface area (Å²) < 4.78 is 5.49. The molecule has 126 valence electrons. The molecule has 0 radical (unpaired) electrons. The summed E-state index contributed by atoms with van der Waals surface area (Å²) >= 11 is 0. The smallest absolute Gasteiger partial charge is 0.163 e. The third-order valence-electron chi connectivity index (χ3n) is 5.02. The number of aryl methyl sites for hydroxylation is 1. The van der Waals surface area contributed by atoms with Gasteiger partial charge in [-0.05, 0) is 42.0 Å². The number of benzene rings is 2. The van der Waals surface area contributed by atoms with E-state index < -0.39 is 0 Å². The summed E-state index contributed by atoms with van der Waals surface area (Å²) in [4.78, 5) is 12.8. The maximum atomic E-state index is 12.8. The summed E-state index contributed by atoms with van der Waals surface area (Å²) in [7, 11) is 1.63. The Kier molecular flexibility index (Phi) is 4.10. The van der Waals surface area contributed by atoms with E-state index in [1.165, 1.54) is 11.1 Å². The molecular weight excluding hydrogens is 312 g/mol. The summed E-state index contributed by atoms with van der Waals surface area (Å²) in [5.41, 5.74) is 5.29. The highest BCUT2D eigenvalue weighted by Crippen LogP contribution is 2.37. The van der Waals surface area contributed by atoms with Crippen LogP contribution < -0.4 is 4.74 Å². The summed E-state index contributed by atoms with van der Waals surface area (Å²) in [6, 6.07) is 14.1. The van der Waals surface area contributed by atoms with Gasteiger partial charge in [-0.25, -0.2) is 0 Å². The Hall–Kier alpha value is -2.88. The van der Waals surface area contributed by atoms with E-state index in [0.29, 0.717) is 23.7 Å². The van der Waals surface area contributed by atoms with Gasteiger partial charge in [0.2, 0.25) is 0 Å². The van der Waals surface area contributed by atoms with Crippen LogP contribution in [-0.4, -0.2) is 23.1 Å². The molecule has 0 aliphatic heterocycles. The second-order valence-electron chi connectivity index (χ2n) is 6.46. The monoisotopic (exact) mass is 332 g/mol. The Balaban J connectivity index is 1.57. The molecule has 4 rings (SSSR count). The molecule has 25 heavy (non-hydrogen) atoms. The van der Waals surface area contributed by atoms with Crippen LogP contribution in [0.25, 0.3) is 11.1 Å². The van der Waals surface area contributed by atoms with E-state index in [9.17, 15) is 4.79 Å². The Morgan fingerprint density at radius 2 is 2.16 bits per heavy atom. The van der Waals surface area contributed by atoms with Crippen LogP contribution in [0.1, 0.15) is 40.2 Å². The first-order valence-corrected chi connectivity index (χ1v) is 8.54. The van der Waals surface area contributed by atoms with Crippen molar-refractivity contribution in [2.75, 3.05) is 7.11 Å². The van der Waals surface area contributed by atoms with Gasteiger partial charge in [-0.3, -0.25) is 9.89 Å². The van der Waals surface area contributed by atoms with Crippen LogP contribution in [0.3, 0.4) is 0 Å². The first kappa shape index (κ1) is 15.6. The van der Waals surface area contributed by atoms with E-state index in [0.717, 1.165) is 24.0 Å². The number of nitrogens with zero attached hydrogens (tertiary/aromatic N) is 1. The molecule has 1 aromatic heterocycles. The standard InChI is InChI=1S/C21H20N2O2/c1-25-21-11-16(8-9-19(21)17-12-22-23-13-17)20(24)10-15-7-6-14-4-2-3-5-18(14)15/h2-5,8-9,11-13,15H,6-7,10H2,1H3,(H,22,23). The van der Waals surface area contributed by atoms with Crippen LogP contribution in [0.2, 0.25) is 0 Å².